The number of phenolic OH excluding ortho intramolecular Hbond substituents is 4. The molecule has 15 heteroatoms. The van der Waals surface area contributed by atoms with E-state index in [1.54, 1.807) is 12.1 Å². The van der Waals surface area contributed by atoms with Crippen molar-refractivity contribution in [3.05, 3.63) is 47.5 Å². The maximum Gasteiger partial charge on any atom is 0.335 e. The monoisotopic (exact) mass is 678 g/mol. The lowest BCUT2D eigenvalue weighted by molar-refractivity contribution is -0.156. The number of unbranched alkanes of at least 4 members (excludes halogenated alkanes) is 1. The summed E-state index contributed by atoms with van der Waals surface area (Å²) in [5.41, 5.74) is 7.22. The number of carboxylic acid groups (broad SMARTS) is 1. The summed E-state index contributed by atoms with van der Waals surface area (Å²) in [6.07, 6.45) is 1.12. The summed E-state index contributed by atoms with van der Waals surface area (Å²) >= 11 is 0. The smallest absolute Gasteiger partial charge is 0.335 e. The molecule has 2 aromatic carbocycles. The predicted molar refractivity (Wildman–Crippen MR) is 176 cm³/mol. The number of nitrogens with zero attached hydrogens (tertiary/aromatic N) is 1. The molecule has 0 aliphatic carbocycles. The Bertz CT molecular complexity index is 1290. The van der Waals surface area contributed by atoms with Gasteiger partial charge in [0.25, 0.3) is 0 Å². The molecule has 2 amide bonds. The summed E-state index contributed by atoms with van der Waals surface area (Å²) in [7, 11) is 0. The van der Waals surface area contributed by atoms with Crippen molar-refractivity contribution in [2.75, 3.05) is 39.3 Å². The van der Waals surface area contributed by atoms with E-state index in [1.807, 2.05) is 4.90 Å². The van der Waals surface area contributed by atoms with Gasteiger partial charge in [0, 0.05) is 32.5 Å². The highest BCUT2D eigenvalue weighted by atomic mass is 16.4. The number of ketones is 1. The fourth-order valence-electron chi connectivity index (χ4n) is 4.32. The number of Topliss-reactive ketones (excluding diaryl/α,β-unsaturated/α-hetero) is 1. The number of carbonyl (C=O) groups excluding carboxylic acids is 3. The van der Waals surface area contributed by atoms with E-state index in [0.29, 0.717) is 51.9 Å². The fraction of sp³-hybridized carbons (Fsp3) is 0.515. The minimum Gasteiger partial charge on any atom is -0.504 e. The predicted octanol–water partition coefficient (Wildman–Crippen LogP) is 0.510. The Morgan fingerprint density at radius 3 is 1.77 bits per heavy atom. The minimum absolute atomic E-state index is 0.0527. The first-order valence-corrected chi connectivity index (χ1v) is 15.8. The zero-order valence-electron chi connectivity index (χ0n) is 27.3. The molecule has 0 bridgehead atoms. The van der Waals surface area contributed by atoms with E-state index in [0.717, 1.165) is 56.8 Å². The van der Waals surface area contributed by atoms with E-state index in [2.05, 4.69) is 10.6 Å². The van der Waals surface area contributed by atoms with Gasteiger partial charge >= 0.3 is 5.97 Å². The van der Waals surface area contributed by atoms with Gasteiger partial charge in [-0.3, -0.25) is 14.4 Å². The normalized spacial score (nSPS) is 11.9. The maximum atomic E-state index is 12.7. The SMILES string of the molecule is CC(=O)C(O)C(O)C(=O)O.NCCCN(CCCCNCCCNC(=O)CCc1ccc(O)c(O)c1)C(=O)CCc1ccc(O)c(O)c1. The van der Waals surface area contributed by atoms with Crippen molar-refractivity contribution < 1.29 is 54.9 Å². The number of hydrogen-bond donors (Lipinski definition) is 10. The zero-order valence-corrected chi connectivity index (χ0v) is 27.3. The van der Waals surface area contributed by atoms with E-state index in [1.165, 1.54) is 24.3 Å². The summed E-state index contributed by atoms with van der Waals surface area (Å²) in [5.74, 6) is -3.09. The van der Waals surface area contributed by atoms with E-state index in [9.17, 15) is 39.6 Å². The summed E-state index contributed by atoms with van der Waals surface area (Å²) < 4.78 is 0. The second kappa shape index (κ2) is 23.0. The first-order valence-electron chi connectivity index (χ1n) is 15.8. The molecule has 0 radical (unpaired) electrons. The minimum atomic E-state index is -2.02. The highest BCUT2D eigenvalue weighted by Gasteiger charge is 2.26. The molecule has 0 aromatic heterocycles. The average molecular weight is 679 g/mol. The second-order valence-electron chi connectivity index (χ2n) is 11.2. The van der Waals surface area contributed by atoms with Gasteiger partial charge in [0.15, 0.2) is 34.9 Å². The molecule has 2 unspecified atom stereocenters. The van der Waals surface area contributed by atoms with E-state index in [-0.39, 0.29) is 34.8 Å². The third kappa shape index (κ3) is 16.9. The Hall–Kier alpha value is -4.44. The van der Waals surface area contributed by atoms with Crippen LogP contribution in [0.5, 0.6) is 23.0 Å². The molecule has 15 nitrogen and oxygen atoms in total. The molecule has 0 heterocycles. The van der Waals surface area contributed by atoms with Crippen LogP contribution in [-0.2, 0) is 32.0 Å². The van der Waals surface area contributed by atoms with Crippen LogP contribution in [0.3, 0.4) is 0 Å². The van der Waals surface area contributed by atoms with Crippen LogP contribution in [0.1, 0.15) is 56.6 Å². The number of nitrogens with two attached hydrogens (primary N) is 1. The van der Waals surface area contributed by atoms with Crippen LogP contribution in [0, 0.1) is 0 Å². The van der Waals surface area contributed by atoms with Crippen LogP contribution in [0.4, 0.5) is 0 Å². The van der Waals surface area contributed by atoms with Crippen molar-refractivity contribution in [3.63, 3.8) is 0 Å². The molecule has 2 aromatic rings. The molecule has 0 saturated carbocycles. The number of benzene rings is 2. The van der Waals surface area contributed by atoms with Gasteiger partial charge in [0.05, 0.1) is 0 Å². The summed E-state index contributed by atoms with van der Waals surface area (Å²) in [4.78, 5) is 46.7. The number of aromatic hydroxyl groups is 4. The molecule has 268 valence electrons. The van der Waals surface area contributed by atoms with Gasteiger partial charge in [-0.15, -0.1) is 0 Å². The number of aliphatic carboxylic acids is 1. The number of aryl methyl sites for hydroxylation is 2. The number of carbonyl (C=O) groups is 4. The molecule has 0 saturated heterocycles. The average Bonchev–Trinajstić information content (AvgIpc) is 3.05. The number of phenols is 4. The molecule has 0 spiro atoms. The standard InChI is InChI=1S/C28H42N4O6.C5H8O5/c29-13-3-18-32(28(38)12-8-22-6-10-24(34)26(36)20-22)17-2-1-14-30-15-4-16-31-27(37)11-7-21-5-9-23(33)25(35)19-21;1-2(6)3(7)4(8)5(9)10/h5-6,9-10,19-20,30,33-36H,1-4,7-8,11-18,29H2,(H,31,37);3-4,7-8H,1H3,(H,9,10). The van der Waals surface area contributed by atoms with Gasteiger partial charge in [-0.2, -0.15) is 0 Å². The van der Waals surface area contributed by atoms with Crippen LogP contribution in [-0.4, -0.2) is 116 Å². The van der Waals surface area contributed by atoms with Gasteiger partial charge in [-0.25, -0.2) is 4.79 Å². The molecular formula is C33H50N4O11. The van der Waals surface area contributed by atoms with Crippen molar-refractivity contribution in [1.29, 1.82) is 0 Å². The third-order valence-electron chi connectivity index (χ3n) is 7.19. The topological polar surface area (TPSA) is 263 Å². The quantitative estimate of drug-likeness (QED) is 0.0638. The highest BCUT2D eigenvalue weighted by Crippen LogP contribution is 2.26. The summed E-state index contributed by atoms with van der Waals surface area (Å²) in [5, 5.41) is 69.3. The molecule has 11 N–H and O–H groups in total. The van der Waals surface area contributed by atoms with Crippen molar-refractivity contribution in [2.24, 2.45) is 5.73 Å². The van der Waals surface area contributed by atoms with E-state index >= 15 is 0 Å². The lowest BCUT2D eigenvalue weighted by atomic mass is 10.1. The first-order chi connectivity index (χ1) is 22.8. The van der Waals surface area contributed by atoms with Crippen molar-refractivity contribution in [1.82, 2.24) is 15.5 Å². The van der Waals surface area contributed by atoms with Crippen molar-refractivity contribution in [3.8, 4) is 23.0 Å². The molecule has 0 aliphatic heterocycles. The largest absolute Gasteiger partial charge is 0.504 e. The molecule has 2 rings (SSSR count). The number of aliphatic hydroxyl groups is 2. The van der Waals surface area contributed by atoms with Crippen LogP contribution in [0.25, 0.3) is 0 Å². The molecule has 0 aliphatic rings. The zero-order chi connectivity index (χ0) is 36.1. The Morgan fingerprint density at radius 2 is 1.27 bits per heavy atom. The van der Waals surface area contributed by atoms with E-state index < -0.39 is 24.0 Å². The van der Waals surface area contributed by atoms with Crippen molar-refractivity contribution >= 4 is 23.6 Å². The van der Waals surface area contributed by atoms with E-state index in [4.69, 9.17) is 21.1 Å². The second-order valence-corrected chi connectivity index (χ2v) is 11.2. The first kappa shape index (κ1) is 41.6. The Kier molecular flexibility index (Phi) is 19.9. The van der Waals surface area contributed by atoms with Crippen molar-refractivity contribution in [2.45, 2.75) is 70.5 Å². The van der Waals surface area contributed by atoms with Crippen LogP contribution >= 0.6 is 0 Å². The Labute approximate surface area is 280 Å². The van der Waals surface area contributed by atoms with Gasteiger partial charge in [0.2, 0.25) is 11.8 Å². The lowest BCUT2D eigenvalue weighted by Crippen LogP contribution is -2.38. The maximum absolute atomic E-state index is 12.7. The van der Waals surface area contributed by atoms with Gasteiger partial charge in [0.1, 0.15) is 6.10 Å². The molecule has 0 fully saturated rings. The van der Waals surface area contributed by atoms with Gasteiger partial charge in [-0.05, 0) is 100 Å². The summed E-state index contributed by atoms with van der Waals surface area (Å²) in [6.45, 7) is 4.98. The lowest BCUT2D eigenvalue weighted by Gasteiger charge is -2.23. The number of aliphatic hydroxyl groups excluding tert-OH is 2. The van der Waals surface area contributed by atoms with Crippen LogP contribution in [0.2, 0.25) is 0 Å². The number of amides is 2. The third-order valence-corrected chi connectivity index (χ3v) is 7.19. The Morgan fingerprint density at radius 1 is 0.729 bits per heavy atom. The van der Waals surface area contributed by atoms with Crippen LogP contribution in [0.15, 0.2) is 36.4 Å². The van der Waals surface area contributed by atoms with Crippen LogP contribution < -0.4 is 16.4 Å². The van der Waals surface area contributed by atoms with Gasteiger partial charge in [-0.1, -0.05) is 12.1 Å². The highest BCUT2D eigenvalue weighted by molar-refractivity contribution is 5.87. The number of rotatable bonds is 21. The fourth-order valence-corrected chi connectivity index (χ4v) is 4.32. The Balaban J connectivity index is 0.000000993. The van der Waals surface area contributed by atoms with Gasteiger partial charge < -0.3 is 57.0 Å². The molecule has 2 atom stereocenters. The number of hydrogen-bond acceptors (Lipinski definition) is 12. The molecular weight excluding hydrogens is 628 g/mol. The number of carboxylic acids is 1. The summed E-state index contributed by atoms with van der Waals surface area (Å²) in [6, 6.07) is 9.17. The number of nitrogens with one attached hydrogen (secondary N) is 2. The molecule has 48 heavy (non-hydrogen) atoms.